The summed E-state index contributed by atoms with van der Waals surface area (Å²) < 4.78 is 11.1. The molecular formula is C20H25NO4. The second kappa shape index (κ2) is 9.69. The Balaban J connectivity index is 2.05. The van der Waals surface area contributed by atoms with Crippen molar-refractivity contribution >= 4 is 5.97 Å². The summed E-state index contributed by atoms with van der Waals surface area (Å²) in [7, 11) is 1.60. The van der Waals surface area contributed by atoms with Crippen LogP contribution in [0.15, 0.2) is 48.5 Å². The number of benzene rings is 2. The van der Waals surface area contributed by atoms with E-state index in [1.807, 2.05) is 36.4 Å². The Hall–Kier alpha value is -2.53. The number of hydrogen-bond donors (Lipinski definition) is 2. The van der Waals surface area contributed by atoms with Crippen LogP contribution in [0.5, 0.6) is 11.5 Å². The minimum Gasteiger partial charge on any atom is -0.493 e. The third-order valence-corrected chi connectivity index (χ3v) is 3.87. The quantitative estimate of drug-likeness (QED) is 0.643. The Morgan fingerprint density at radius 3 is 2.56 bits per heavy atom. The van der Waals surface area contributed by atoms with E-state index in [-0.39, 0.29) is 0 Å². The molecule has 0 saturated carbocycles. The van der Waals surface area contributed by atoms with E-state index < -0.39 is 12.0 Å². The van der Waals surface area contributed by atoms with Crippen molar-refractivity contribution in [1.29, 1.82) is 0 Å². The Kier molecular flexibility index (Phi) is 7.29. The summed E-state index contributed by atoms with van der Waals surface area (Å²) in [5.74, 6) is 0.456. The lowest BCUT2D eigenvalue weighted by molar-refractivity contribution is -0.139. The molecule has 0 radical (unpaired) electrons. The topological polar surface area (TPSA) is 67.8 Å². The Morgan fingerprint density at radius 2 is 1.92 bits per heavy atom. The van der Waals surface area contributed by atoms with Crippen LogP contribution in [0.25, 0.3) is 0 Å². The number of ether oxygens (including phenoxy) is 2. The molecule has 0 aliphatic rings. The molecule has 2 aromatic rings. The van der Waals surface area contributed by atoms with Crippen LogP contribution in [-0.2, 0) is 11.3 Å². The lowest BCUT2D eigenvalue weighted by Crippen LogP contribution is -2.28. The number of carboxylic acid groups (broad SMARTS) is 1. The molecule has 0 aliphatic carbocycles. The van der Waals surface area contributed by atoms with Crippen LogP contribution < -0.4 is 14.8 Å². The number of carbonyl (C=O) groups is 1. The van der Waals surface area contributed by atoms with Crippen molar-refractivity contribution in [3.8, 4) is 11.5 Å². The Morgan fingerprint density at radius 1 is 1.16 bits per heavy atom. The van der Waals surface area contributed by atoms with E-state index in [2.05, 4.69) is 12.2 Å². The molecule has 0 fully saturated rings. The highest BCUT2D eigenvalue weighted by Gasteiger charge is 2.19. The Bertz CT molecular complexity index is 673. The first-order chi connectivity index (χ1) is 12.2. The van der Waals surface area contributed by atoms with Gasteiger partial charge in [0.05, 0.1) is 13.7 Å². The molecule has 0 spiro atoms. The van der Waals surface area contributed by atoms with Crippen molar-refractivity contribution in [2.24, 2.45) is 0 Å². The molecule has 0 amide bonds. The van der Waals surface area contributed by atoms with Gasteiger partial charge in [-0.2, -0.15) is 0 Å². The van der Waals surface area contributed by atoms with Crippen LogP contribution in [-0.4, -0.2) is 24.8 Å². The van der Waals surface area contributed by atoms with Crippen LogP contribution in [0.2, 0.25) is 0 Å². The fourth-order valence-electron chi connectivity index (χ4n) is 2.48. The van der Waals surface area contributed by atoms with E-state index in [1.165, 1.54) is 0 Å². The third-order valence-electron chi connectivity index (χ3n) is 3.87. The van der Waals surface area contributed by atoms with Crippen LogP contribution >= 0.6 is 0 Å². The zero-order chi connectivity index (χ0) is 18.1. The zero-order valence-electron chi connectivity index (χ0n) is 14.7. The van der Waals surface area contributed by atoms with Gasteiger partial charge in [-0.1, -0.05) is 49.7 Å². The van der Waals surface area contributed by atoms with Crippen molar-refractivity contribution in [3.63, 3.8) is 0 Å². The minimum atomic E-state index is -0.905. The maximum Gasteiger partial charge on any atom is 0.325 e. The lowest BCUT2D eigenvalue weighted by Gasteiger charge is -2.16. The van der Waals surface area contributed by atoms with Gasteiger partial charge >= 0.3 is 5.97 Å². The summed E-state index contributed by atoms with van der Waals surface area (Å²) in [6, 6.07) is 14.0. The number of rotatable bonds is 10. The third kappa shape index (κ3) is 5.50. The predicted molar refractivity (Wildman–Crippen MR) is 97.1 cm³/mol. The number of unbranched alkanes of at least 4 members (excludes halogenated alkanes) is 1. The maximum atomic E-state index is 11.5. The molecule has 25 heavy (non-hydrogen) atoms. The fourth-order valence-corrected chi connectivity index (χ4v) is 2.48. The molecule has 0 heterocycles. The van der Waals surface area contributed by atoms with Crippen molar-refractivity contribution < 1.29 is 19.4 Å². The van der Waals surface area contributed by atoms with E-state index in [1.54, 1.807) is 19.2 Å². The number of methoxy groups -OCH3 is 1. The van der Waals surface area contributed by atoms with Crippen molar-refractivity contribution in [3.05, 3.63) is 59.7 Å². The average Bonchev–Trinajstić information content (AvgIpc) is 2.63. The zero-order valence-corrected chi connectivity index (χ0v) is 14.7. The number of nitrogens with one attached hydrogen (secondary N) is 1. The predicted octanol–water partition coefficient (Wildman–Crippen LogP) is 3.79. The standard InChI is InChI=1S/C20H25NO4/c1-3-4-12-25-17-11-10-15(13-18(17)24-2)14-21-19(20(22)23)16-8-6-5-7-9-16/h5-11,13,19,21H,3-4,12,14H2,1-2H3,(H,22,23)/t19-/m0/s1. The van der Waals surface area contributed by atoms with Crippen molar-refractivity contribution in [1.82, 2.24) is 5.32 Å². The Labute approximate surface area is 148 Å². The summed E-state index contributed by atoms with van der Waals surface area (Å²) >= 11 is 0. The van der Waals surface area contributed by atoms with E-state index in [4.69, 9.17) is 9.47 Å². The normalized spacial score (nSPS) is 11.8. The van der Waals surface area contributed by atoms with Gasteiger partial charge in [-0.15, -0.1) is 0 Å². The summed E-state index contributed by atoms with van der Waals surface area (Å²) in [5, 5.41) is 12.5. The molecule has 2 aromatic carbocycles. The molecule has 0 bridgehead atoms. The molecule has 0 unspecified atom stereocenters. The van der Waals surface area contributed by atoms with Crippen molar-refractivity contribution in [2.45, 2.75) is 32.4 Å². The number of hydrogen-bond acceptors (Lipinski definition) is 4. The molecule has 1 atom stereocenters. The fraction of sp³-hybridized carbons (Fsp3) is 0.350. The van der Waals surface area contributed by atoms with Gasteiger partial charge in [-0.25, -0.2) is 0 Å². The first-order valence-corrected chi connectivity index (χ1v) is 8.46. The van der Waals surface area contributed by atoms with Crippen LogP contribution in [0.4, 0.5) is 0 Å². The van der Waals surface area contributed by atoms with E-state index in [0.29, 0.717) is 24.7 Å². The molecule has 5 nitrogen and oxygen atoms in total. The second-order valence-electron chi connectivity index (χ2n) is 5.75. The van der Waals surface area contributed by atoms with Gasteiger partial charge in [0.25, 0.3) is 0 Å². The summed E-state index contributed by atoms with van der Waals surface area (Å²) in [6.45, 7) is 3.18. The van der Waals surface area contributed by atoms with Gasteiger partial charge in [-0.3, -0.25) is 10.1 Å². The van der Waals surface area contributed by atoms with E-state index >= 15 is 0 Å². The molecule has 134 valence electrons. The number of aliphatic carboxylic acids is 1. The molecule has 5 heteroatoms. The highest BCUT2D eigenvalue weighted by Crippen LogP contribution is 2.28. The van der Waals surface area contributed by atoms with Gasteiger partial charge in [0, 0.05) is 6.54 Å². The molecule has 0 saturated heterocycles. The van der Waals surface area contributed by atoms with Crippen LogP contribution in [0.3, 0.4) is 0 Å². The van der Waals surface area contributed by atoms with E-state index in [0.717, 1.165) is 24.0 Å². The molecule has 2 rings (SSSR count). The lowest BCUT2D eigenvalue weighted by atomic mass is 10.1. The van der Waals surface area contributed by atoms with Gasteiger partial charge in [0.2, 0.25) is 0 Å². The van der Waals surface area contributed by atoms with Crippen LogP contribution in [0.1, 0.15) is 36.9 Å². The first kappa shape index (κ1) is 18.8. The second-order valence-corrected chi connectivity index (χ2v) is 5.75. The van der Waals surface area contributed by atoms with Crippen LogP contribution in [0, 0.1) is 0 Å². The first-order valence-electron chi connectivity index (χ1n) is 8.46. The molecule has 0 aromatic heterocycles. The van der Waals surface area contributed by atoms with Gasteiger partial charge in [0.1, 0.15) is 6.04 Å². The monoisotopic (exact) mass is 343 g/mol. The van der Waals surface area contributed by atoms with Gasteiger partial charge < -0.3 is 14.6 Å². The summed E-state index contributed by atoms with van der Waals surface area (Å²) in [6.07, 6.45) is 2.06. The number of carboxylic acids is 1. The van der Waals surface area contributed by atoms with Gasteiger partial charge in [-0.05, 0) is 29.7 Å². The smallest absolute Gasteiger partial charge is 0.325 e. The molecular weight excluding hydrogens is 318 g/mol. The largest absolute Gasteiger partial charge is 0.493 e. The van der Waals surface area contributed by atoms with E-state index in [9.17, 15) is 9.90 Å². The summed E-state index contributed by atoms with van der Waals surface area (Å²) in [4.78, 5) is 11.5. The molecule has 2 N–H and O–H groups in total. The van der Waals surface area contributed by atoms with Crippen molar-refractivity contribution in [2.75, 3.05) is 13.7 Å². The average molecular weight is 343 g/mol. The SMILES string of the molecule is CCCCOc1ccc(CN[C@H](C(=O)O)c2ccccc2)cc1OC. The molecule has 0 aliphatic heterocycles. The summed E-state index contributed by atoms with van der Waals surface area (Å²) in [5.41, 5.74) is 1.66. The highest BCUT2D eigenvalue weighted by molar-refractivity contribution is 5.75. The minimum absolute atomic E-state index is 0.414. The maximum absolute atomic E-state index is 11.5. The highest BCUT2D eigenvalue weighted by atomic mass is 16.5. The van der Waals surface area contributed by atoms with Gasteiger partial charge in [0.15, 0.2) is 11.5 Å².